The lowest BCUT2D eigenvalue weighted by atomic mass is 9.67. The number of nitrogens with zero attached hydrogens (tertiary/aromatic N) is 16. The third kappa shape index (κ3) is 14.5. The fourth-order valence-electron chi connectivity index (χ4n) is 22.9. The van der Waals surface area contributed by atoms with Crippen molar-refractivity contribution >= 4 is 65.4 Å². The van der Waals surface area contributed by atoms with E-state index in [9.17, 15) is 0 Å². The molecule has 0 radical (unpaired) electrons. The van der Waals surface area contributed by atoms with Crippen LogP contribution in [0.4, 0.5) is 0 Å². The molecule has 0 bridgehead atoms. The molecule has 0 spiro atoms. The topological polar surface area (TPSA) is 182 Å². The molecule has 0 saturated carbocycles. The van der Waals surface area contributed by atoms with Gasteiger partial charge in [-0.05, 0) is 145 Å². The number of benzene rings is 17. The minimum atomic E-state index is -0.507. The Labute approximate surface area is 853 Å². The minimum Gasteiger partial charge on any atom is -0.294 e. The average molecular weight is 1900 g/mol. The molecule has 9 heterocycles. The van der Waals surface area contributed by atoms with Crippen molar-refractivity contribution in [2.24, 2.45) is 0 Å². The van der Waals surface area contributed by atoms with Crippen molar-refractivity contribution in [2.45, 2.75) is 43.9 Å². The third-order valence-electron chi connectivity index (χ3n) is 29.6. The molecule has 3 aliphatic carbocycles. The zero-order valence-corrected chi connectivity index (χ0v) is 81.2. The van der Waals surface area contributed by atoms with Crippen LogP contribution in [0.1, 0.15) is 72.2 Å². The van der Waals surface area contributed by atoms with E-state index in [1.807, 2.05) is 207 Å². The number of hydrogen-bond acceptors (Lipinski definition) is 13. The summed E-state index contributed by atoms with van der Waals surface area (Å²) in [6, 6.07) is 156. The van der Waals surface area contributed by atoms with Crippen LogP contribution in [0.15, 0.2) is 474 Å². The van der Waals surface area contributed by atoms with Gasteiger partial charge in [-0.3, -0.25) is 13.7 Å². The number of pyridine rings is 2. The zero-order valence-electron chi connectivity index (χ0n) is 81.2. The molecule has 0 saturated heterocycles. The standard InChI is InChI=1S/C51H33N5.C41H29N5.C40H28N6/c1-5-17-34(18-6-1)48-53-49(35-19-7-2-8-20-35)55-50(54-48)36-29-30-47(52-33-36)56-45-28-16-14-26-40(45)42-31-41-39-25-13-15-27-43(39)51(44(41)32-46(42)56,37-21-9-3-10-22-37)38-23-11-4-12-24-38;1-41(2)32-19-11-9-17-29(32)30-22-23-34-36(37(30)41)31-18-10-12-20-33(31)46(34)35-24-21-28(25-42-35)40-44-38(26-13-5-3-6-14-26)43-39(45-40)27-15-7-4-8-16-27;1-40(2)31-19-11-9-17-28(31)29-21-22-33-34(35(29)40)30-18-10-12-20-32(30)46(33)39-41-23-27(24-42-39)38-44-36(25-13-5-3-6-14-25)43-37(45-38)26-15-7-4-8-16-26/h1-33H;3-25H,1-2H3;3-24H,1-2H3. The molecule has 0 fully saturated rings. The Morgan fingerprint density at radius 1 is 0.182 bits per heavy atom. The summed E-state index contributed by atoms with van der Waals surface area (Å²) in [6.07, 6.45) is 7.39. The van der Waals surface area contributed by atoms with Gasteiger partial charge in [-0.15, -0.1) is 0 Å². The van der Waals surface area contributed by atoms with Gasteiger partial charge in [0.15, 0.2) is 52.4 Å². The van der Waals surface area contributed by atoms with E-state index < -0.39 is 5.41 Å². The van der Waals surface area contributed by atoms with Crippen molar-refractivity contribution in [3.05, 3.63) is 518 Å². The molecule has 17 aromatic carbocycles. The Bertz CT molecular complexity index is 9100. The van der Waals surface area contributed by atoms with Crippen LogP contribution < -0.4 is 0 Å². The summed E-state index contributed by atoms with van der Waals surface area (Å²) in [4.78, 5) is 64.0. The van der Waals surface area contributed by atoms with E-state index in [1.54, 1.807) is 0 Å². The Kier molecular flexibility index (Phi) is 21.1. The number of rotatable bonds is 14. The van der Waals surface area contributed by atoms with E-state index in [0.717, 1.165) is 94.8 Å². The fourth-order valence-corrected chi connectivity index (χ4v) is 22.9. The molecular weight excluding hydrogens is 1810 g/mol. The molecule has 0 aliphatic heterocycles. The van der Waals surface area contributed by atoms with Crippen molar-refractivity contribution in [2.75, 3.05) is 0 Å². The molecule has 0 unspecified atom stereocenters. The maximum absolute atomic E-state index is 5.15. The van der Waals surface area contributed by atoms with Crippen molar-refractivity contribution in [3.63, 3.8) is 0 Å². The molecule has 9 aromatic heterocycles. The lowest BCUT2D eigenvalue weighted by molar-refractivity contribution is 0.666. The third-order valence-corrected chi connectivity index (χ3v) is 29.6. The first-order valence-corrected chi connectivity index (χ1v) is 49.9. The van der Waals surface area contributed by atoms with Crippen LogP contribution in [0, 0.1) is 0 Å². The number of para-hydroxylation sites is 3. The summed E-state index contributed by atoms with van der Waals surface area (Å²) in [6.45, 7) is 9.35. The van der Waals surface area contributed by atoms with Crippen molar-refractivity contribution in [3.8, 4) is 153 Å². The van der Waals surface area contributed by atoms with E-state index in [1.165, 1.54) is 110 Å². The molecule has 0 N–H and O–H groups in total. The second-order valence-corrected chi connectivity index (χ2v) is 38.8. The van der Waals surface area contributed by atoms with Gasteiger partial charge in [0.05, 0.1) is 44.1 Å². The number of aromatic nitrogens is 16. The van der Waals surface area contributed by atoms with E-state index in [4.69, 9.17) is 64.8 Å². The summed E-state index contributed by atoms with van der Waals surface area (Å²) < 4.78 is 6.76. The van der Waals surface area contributed by atoms with Crippen LogP contribution in [0.3, 0.4) is 0 Å². The van der Waals surface area contributed by atoms with E-state index in [2.05, 4.69) is 308 Å². The smallest absolute Gasteiger partial charge is 0.234 e. The SMILES string of the molecule is CC1(C)c2ccccc2-c2ccc3c(c21)c1ccccc1n3-c1ccc(-c2nc(-c3ccccc3)nc(-c3ccccc3)n2)cn1.CC1(C)c2ccccc2-c2ccc3c(c21)c1ccccc1n3-c1ncc(-c2nc(-c3ccccc3)nc(-c3ccccc3)n2)cn1.c1ccc(-c2nc(-c3ccccc3)nc(-c3ccc(-n4c5ccccc5c5cc6c(cc54)C(c4ccccc4)(c4ccccc4)c4ccccc4-6)nc3)n2)cc1. The quantitative estimate of drug-likeness (QED) is 0.100. The first-order chi connectivity index (χ1) is 72.9. The fraction of sp³-hybridized carbons (Fsp3) is 0.0530. The largest absolute Gasteiger partial charge is 0.294 e. The Morgan fingerprint density at radius 2 is 0.473 bits per heavy atom. The monoisotopic (exact) mass is 1900 g/mol. The van der Waals surface area contributed by atoms with Crippen molar-refractivity contribution in [1.29, 1.82) is 0 Å². The summed E-state index contributed by atoms with van der Waals surface area (Å²) in [5.41, 5.74) is 32.1. The van der Waals surface area contributed by atoms with Gasteiger partial charge >= 0.3 is 0 Å². The van der Waals surface area contributed by atoms with Gasteiger partial charge in [0, 0.05) is 112 Å². The minimum absolute atomic E-state index is 0.122. The molecule has 3 aliphatic rings. The predicted octanol–water partition coefficient (Wildman–Crippen LogP) is 30.5. The second-order valence-electron chi connectivity index (χ2n) is 38.8. The number of fused-ring (bicyclic) bond motifs is 20. The van der Waals surface area contributed by atoms with Crippen LogP contribution in [-0.2, 0) is 16.2 Å². The van der Waals surface area contributed by atoms with Gasteiger partial charge in [-0.25, -0.2) is 64.8 Å². The van der Waals surface area contributed by atoms with Crippen LogP contribution in [0.2, 0.25) is 0 Å². The summed E-state index contributed by atoms with van der Waals surface area (Å²) in [5.74, 6) is 7.68. The lowest BCUT2D eigenvalue weighted by Crippen LogP contribution is -2.28. The lowest BCUT2D eigenvalue weighted by Gasteiger charge is -2.34. The molecule has 29 rings (SSSR count). The molecule has 148 heavy (non-hydrogen) atoms. The highest BCUT2D eigenvalue weighted by Crippen LogP contribution is 2.60. The van der Waals surface area contributed by atoms with Gasteiger partial charge < -0.3 is 0 Å². The Hall–Kier alpha value is -19.5. The van der Waals surface area contributed by atoms with E-state index in [-0.39, 0.29) is 10.8 Å². The average Bonchev–Trinajstić information content (AvgIpc) is 1.53. The van der Waals surface area contributed by atoms with Crippen LogP contribution in [-0.4, -0.2) is 78.5 Å². The highest BCUT2D eigenvalue weighted by molar-refractivity contribution is 6.17. The van der Waals surface area contributed by atoms with Gasteiger partial charge in [-0.1, -0.05) is 410 Å². The zero-order chi connectivity index (χ0) is 98.7. The molecule has 698 valence electrons. The second kappa shape index (κ2) is 35.6. The maximum atomic E-state index is 5.15. The van der Waals surface area contributed by atoms with Crippen molar-refractivity contribution < 1.29 is 0 Å². The van der Waals surface area contributed by atoms with Crippen molar-refractivity contribution in [1.82, 2.24) is 78.5 Å². The molecule has 0 amide bonds. The van der Waals surface area contributed by atoms with E-state index in [0.29, 0.717) is 58.4 Å². The molecule has 16 heteroatoms. The Balaban J connectivity index is 0.000000110. The predicted molar refractivity (Wildman–Crippen MR) is 595 cm³/mol. The highest BCUT2D eigenvalue weighted by atomic mass is 15.2. The first-order valence-electron chi connectivity index (χ1n) is 49.9. The summed E-state index contributed by atoms with van der Waals surface area (Å²) in [7, 11) is 0. The van der Waals surface area contributed by atoms with Gasteiger partial charge in [-0.2, -0.15) is 0 Å². The van der Waals surface area contributed by atoms with Crippen LogP contribution in [0.25, 0.3) is 219 Å². The Morgan fingerprint density at radius 3 is 0.851 bits per heavy atom. The summed E-state index contributed by atoms with van der Waals surface area (Å²) >= 11 is 0. The normalized spacial score (nSPS) is 13.0. The molecule has 16 nitrogen and oxygen atoms in total. The van der Waals surface area contributed by atoms with Gasteiger partial charge in [0.2, 0.25) is 5.95 Å². The van der Waals surface area contributed by atoms with Crippen LogP contribution >= 0.6 is 0 Å². The van der Waals surface area contributed by atoms with Crippen LogP contribution in [0.5, 0.6) is 0 Å². The highest BCUT2D eigenvalue weighted by Gasteiger charge is 2.47. The van der Waals surface area contributed by atoms with E-state index >= 15 is 0 Å². The maximum Gasteiger partial charge on any atom is 0.234 e. The number of hydrogen-bond donors (Lipinski definition) is 0. The first kappa shape index (κ1) is 87.6. The van der Waals surface area contributed by atoms with Gasteiger partial charge in [0.1, 0.15) is 11.6 Å². The van der Waals surface area contributed by atoms with Gasteiger partial charge in [0.25, 0.3) is 0 Å². The summed E-state index contributed by atoms with van der Waals surface area (Å²) in [5, 5.41) is 7.34. The molecule has 26 aromatic rings. The molecule has 0 atom stereocenters. The molecular formula is C132H90N16.